The number of benzene rings is 1. The Kier molecular flexibility index (Phi) is 5.05. The van der Waals surface area contributed by atoms with Crippen molar-refractivity contribution in [2.24, 2.45) is 5.73 Å². The number of anilines is 1. The van der Waals surface area contributed by atoms with Crippen LogP contribution < -0.4 is 11.1 Å². The molecule has 2 aromatic rings. The number of hydrogen-bond acceptors (Lipinski definition) is 4. The van der Waals surface area contributed by atoms with Gasteiger partial charge in [-0.1, -0.05) is 30.3 Å². The minimum atomic E-state index is -0.0688. The molecule has 2 atom stereocenters. The molecule has 1 aromatic carbocycles. The van der Waals surface area contributed by atoms with Crippen molar-refractivity contribution in [3.63, 3.8) is 0 Å². The summed E-state index contributed by atoms with van der Waals surface area (Å²) in [5, 5.41) is 2.81. The van der Waals surface area contributed by atoms with Gasteiger partial charge in [0.1, 0.15) is 5.82 Å². The number of carbonyl (C=O) groups excluding carboxylic acids is 1. The highest BCUT2D eigenvalue weighted by atomic mass is 79.9. The van der Waals surface area contributed by atoms with Gasteiger partial charge in [-0.05, 0) is 33.6 Å². The quantitative estimate of drug-likeness (QED) is 0.860. The number of likely N-dealkylation sites (tertiary alicyclic amines) is 1. The summed E-state index contributed by atoms with van der Waals surface area (Å²) in [7, 11) is 0. The first-order chi connectivity index (χ1) is 11.1. The van der Waals surface area contributed by atoms with E-state index in [-0.39, 0.29) is 17.9 Å². The van der Waals surface area contributed by atoms with Gasteiger partial charge in [0.15, 0.2) is 0 Å². The second-order valence-corrected chi connectivity index (χ2v) is 6.70. The monoisotopic (exact) mass is 374 g/mol. The largest absolute Gasteiger partial charge is 0.326 e. The van der Waals surface area contributed by atoms with Crippen molar-refractivity contribution in [2.45, 2.75) is 12.0 Å². The molecule has 3 N–H and O–H groups in total. The average Bonchev–Trinajstić information content (AvgIpc) is 2.91. The number of aromatic nitrogens is 1. The summed E-state index contributed by atoms with van der Waals surface area (Å²) in [5.74, 6) is 0.761. The highest BCUT2D eigenvalue weighted by molar-refractivity contribution is 9.10. The number of pyridine rings is 1. The summed E-state index contributed by atoms with van der Waals surface area (Å²) in [6.45, 7) is 1.85. The van der Waals surface area contributed by atoms with Crippen LogP contribution in [0.1, 0.15) is 11.5 Å². The molecule has 1 amide bonds. The van der Waals surface area contributed by atoms with Crippen LogP contribution in [0.3, 0.4) is 0 Å². The van der Waals surface area contributed by atoms with E-state index in [2.05, 4.69) is 43.3 Å². The number of nitrogens with two attached hydrogens (primary N) is 1. The fraction of sp³-hybridized carbons (Fsp3) is 0.294. The molecule has 3 rings (SSSR count). The number of halogens is 1. The Labute approximate surface area is 144 Å². The summed E-state index contributed by atoms with van der Waals surface area (Å²) in [6.07, 6.45) is 1.66. The van der Waals surface area contributed by atoms with Gasteiger partial charge in [-0.3, -0.25) is 9.69 Å². The normalized spacial score (nSPS) is 21.3. The molecule has 1 aliphatic rings. The van der Waals surface area contributed by atoms with Gasteiger partial charge >= 0.3 is 0 Å². The third-order valence-corrected chi connectivity index (χ3v) is 4.50. The molecule has 0 saturated carbocycles. The lowest BCUT2D eigenvalue weighted by Crippen LogP contribution is -2.33. The van der Waals surface area contributed by atoms with Crippen molar-refractivity contribution in [3.8, 4) is 0 Å². The molecule has 6 heteroatoms. The fourth-order valence-corrected chi connectivity index (χ4v) is 3.17. The number of hydrogen-bond donors (Lipinski definition) is 2. The molecule has 1 fully saturated rings. The van der Waals surface area contributed by atoms with Crippen LogP contribution in [0.25, 0.3) is 0 Å². The molecule has 2 heterocycles. The lowest BCUT2D eigenvalue weighted by Gasteiger charge is -2.15. The lowest BCUT2D eigenvalue weighted by atomic mass is 9.95. The van der Waals surface area contributed by atoms with Gasteiger partial charge in [-0.2, -0.15) is 0 Å². The number of nitrogens with one attached hydrogen (secondary N) is 1. The van der Waals surface area contributed by atoms with E-state index in [0.717, 1.165) is 17.6 Å². The van der Waals surface area contributed by atoms with Crippen LogP contribution in [0.4, 0.5) is 5.82 Å². The Morgan fingerprint density at radius 3 is 2.74 bits per heavy atom. The maximum absolute atomic E-state index is 12.2. The van der Waals surface area contributed by atoms with Gasteiger partial charge in [0, 0.05) is 35.7 Å². The minimum absolute atomic E-state index is 0.0519. The van der Waals surface area contributed by atoms with Crippen molar-refractivity contribution >= 4 is 27.7 Å². The summed E-state index contributed by atoms with van der Waals surface area (Å²) in [4.78, 5) is 18.4. The van der Waals surface area contributed by atoms with Crippen molar-refractivity contribution in [1.82, 2.24) is 9.88 Å². The summed E-state index contributed by atoms with van der Waals surface area (Å²) < 4.78 is 0.881. The van der Waals surface area contributed by atoms with Crippen LogP contribution in [0, 0.1) is 0 Å². The zero-order chi connectivity index (χ0) is 16.2. The first-order valence-corrected chi connectivity index (χ1v) is 8.35. The Morgan fingerprint density at radius 2 is 2.04 bits per heavy atom. The SMILES string of the molecule is N[C@@H]1CN(CC(=O)Nc2ccc(Br)cn2)C[C@H]1c1ccccc1. The van der Waals surface area contributed by atoms with Gasteiger partial charge in [0.25, 0.3) is 0 Å². The molecule has 0 aliphatic carbocycles. The third kappa shape index (κ3) is 4.16. The fourth-order valence-electron chi connectivity index (χ4n) is 2.93. The second kappa shape index (κ2) is 7.21. The van der Waals surface area contributed by atoms with Crippen molar-refractivity contribution in [2.75, 3.05) is 25.0 Å². The molecule has 0 bridgehead atoms. The van der Waals surface area contributed by atoms with Crippen LogP contribution in [0.15, 0.2) is 53.1 Å². The zero-order valence-electron chi connectivity index (χ0n) is 12.7. The summed E-state index contributed by atoms with van der Waals surface area (Å²) in [6, 6.07) is 13.9. The number of amides is 1. The van der Waals surface area contributed by atoms with Crippen LogP contribution in [-0.4, -0.2) is 41.5 Å². The molecule has 120 valence electrons. The first-order valence-electron chi connectivity index (χ1n) is 7.56. The van der Waals surface area contributed by atoms with Gasteiger partial charge in [-0.25, -0.2) is 4.98 Å². The molecule has 1 aliphatic heterocycles. The van der Waals surface area contributed by atoms with Crippen molar-refractivity contribution < 1.29 is 4.79 Å². The Morgan fingerprint density at radius 1 is 1.26 bits per heavy atom. The number of nitrogens with zero attached hydrogens (tertiary/aromatic N) is 2. The predicted molar refractivity (Wildman–Crippen MR) is 94.2 cm³/mol. The van der Waals surface area contributed by atoms with E-state index in [9.17, 15) is 4.79 Å². The first kappa shape index (κ1) is 16.1. The van der Waals surface area contributed by atoms with Gasteiger partial charge in [0.2, 0.25) is 5.91 Å². The third-order valence-electron chi connectivity index (χ3n) is 4.03. The van der Waals surface area contributed by atoms with Gasteiger partial charge in [-0.15, -0.1) is 0 Å². The second-order valence-electron chi connectivity index (χ2n) is 5.78. The van der Waals surface area contributed by atoms with Crippen LogP contribution in [0.5, 0.6) is 0 Å². The molecule has 1 saturated heterocycles. The van der Waals surface area contributed by atoms with E-state index in [4.69, 9.17) is 5.73 Å². The van der Waals surface area contributed by atoms with Gasteiger partial charge in [0.05, 0.1) is 6.54 Å². The molecule has 0 unspecified atom stereocenters. The average molecular weight is 375 g/mol. The van der Waals surface area contributed by atoms with E-state index in [1.807, 2.05) is 24.3 Å². The van der Waals surface area contributed by atoms with Crippen LogP contribution in [0.2, 0.25) is 0 Å². The molecular weight excluding hydrogens is 356 g/mol. The Hall–Kier alpha value is -1.76. The van der Waals surface area contributed by atoms with E-state index in [0.29, 0.717) is 12.4 Å². The van der Waals surface area contributed by atoms with E-state index in [1.165, 1.54) is 5.56 Å². The van der Waals surface area contributed by atoms with Crippen LogP contribution >= 0.6 is 15.9 Å². The van der Waals surface area contributed by atoms with Gasteiger partial charge < -0.3 is 11.1 Å². The van der Waals surface area contributed by atoms with Crippen molar-refractivity contribution in [1.29, 1.82) is 0 Å². The molecule has 1 aromatic heterocycles. The van der Waals surface area contributed by atoms with Crippen LogP contribution in [-0.2, 0) is 4.79 Å². The Balaban J connectivity index is 1.56. The molecule has 0 spiro atoms. The van der Waals surface area contributed by atoms with E-state index >= 15 is 0 Å². The minimum Gasteiger partial charge on any atom is -0.326 e. The lowest BCUT2D eigenvalue weighted by molar-refractivity contribution is -0.117. The highest BCUT2D eigenvalue weighted by Gasteiger charge is 2.31. The Bertz CT molecular complexity index is 662. The highest BCUT2D eigenvalue weighted by Crippen LogP contribution is 2.26. The smallest absolute Gasteiger partial charge is 0.239 e. The standard InChI is InChI=1S/C17H19BrN4O/c18-13-6-7-16(20-8-13)21-17(23)11-22-9-14(15(19)10-22)12-4-2-1-3-5-12/h1-8,14-15H,9-11,19H2,(H,20,21,23)/t14-,15+/m0/s1. The molecule has 0 radical (unpaired) electrons. The molecular formula is C17H19BrN4O. The predicted octanol–water partition coefficient (Wildman–Crippen LogP) is 2.21. The zero-order valence-corrected chi connectivity index (χ0v) is 14.2. The van der Waals surface area contributed by atoms with Crippen molar-refractivity contribution in [3.05, 3.63) is 58.7 Å². The number of rotatable bonds is 4. The summed E-state index contributed by atoms with van der Waals surface area (Å²) >= 11 is 3.32. The maximum Gasteiger partial charge on any atom is 0.239 e. The number of carbonyl (C=O) groups is 1. The molecule has 5 nitrogen and oxygen atoms in total. The maximum atomic E-state index is 12.2. The summed E-state index contributed by atoms with van der Waals surface area (Å²) in [5.41, 5.74) is 7.49. The van der Waals surface area contributed by atoms with E-state index in [1.54, 1.807) is 12.3 Å². The molecule has 23 heavy (non-hydrogen) atoms. The topological polar surface area (TPSA) is 71.2 Å². The van der Waals surface area contributed by atoms with E-state index < -0.39 is 0 Å².